The summed E-state index contributed by atoms with van der Waals surface area (Å²) < 4.78 is 31.1. The molecule has 128 valence electrons. The van der Waals surface area contributed by atoms with Crippen LogP contribution in [0.4, 0.5) is 5.69 Å². The van der Waals surface area contributed by atoms with Gasteiger partial charge in [-0.05, 0) is 18.6 Å². The number of carbonyl (C=O) groups excluding carboxylic acids is 1. The maximum Gasteiger partial charge on any atom is 0.283 e. The first-order valence-corrected chi connectivity index (χ1v) is 10.5. The number of hydrogen-bond donors (Lipinski definition) is 2. The number of hydrogen-bond acceptors (Lipinski definition) is 8. The molecule has 3 N–H and O–H groups in total. The van der Waals surface area contributed by atoms with Crippen LogP contribution in [0.25, 0.3) is 0 Å². The molecule has 2 heterocycles. The molecule has 0 aromatic heterocycles. The van der Waals surface area contributed by atoms with E-state index in [2.05, 4.69) is 0 Å². The second kappa shape index (κ2) is 6.65. The molecule has 1 amide bonds. The zero-order valence-electron chi connectivity index (χ0n) is 12.2. The van der Waals surface area contributed by atoms with E-state index in [1.807, 2.05) is 29.2 Å². The monoisotopic (exact) mass is 403 g/mol. The van der Waals surface area contributed by atoms with Crippen LogP contribution in [0, 0.1) is 0 Å². The Kier molecular flexibility index (Phi) is 4.91. The number of nitrogens with zero attached hydrogens (tertiary/aromatic N) is 2. The van der Waals surface area contributed by atoms with E-state index in [0.29, 0.717) is 16.5 Å². The number of thioether (sulfide) groups is 2. The molecule has 0 bridgehead atoms. The maximum absolute atomic E-state index is 12.3. The second-order valence-corrected chi connectivity index (χ2v) is 9.29. The molecule has 1 fully saturated rings. The van der Waals surface area contributed by atoms with Gasteiger partial charge >= 0.3 is 0 Å². The van der Waals surface area contributed by atoms with Crippen LogP contribution in [0.3, 0.4) is 0 Å². The first-order chi connectivity index (χ1) is 11.3. The van der Waals surface area contributed by atoms with Crippen molar-refractivity contribution < 1.29 is 17.8 Å². The summed E-state index contributed by atoms with van der Waals surface area (Å²) in [6.07, 6.45) is 0.222. The zero-order valence-corrected chi connectivity index (χ0v) is 15.5. The van der Waals surface area contributed by atoms with Gasteiger partial charge in [-0.1, -0.05) is 47.9 Å². The smallest absolute Gasteiger partial charge is 0.283 e. The number of anilines is 1. The number of benzene rings is 1. The van der Waals surface area contributed by atoms with Crippen molar-refractivity contribution in [2.45, 2.75) is 11.3 Å². The Labute approximate surface area is 153 Å². The van der Waals surface area contributed by atoms with Crippen molar-refractivity contribution in [3.8, 4) is 0 Å². The molecule has 0 radical (unpaired) electrons. The summed E-state index contributed by atoms with van der Waals surface area (Å²) >= 11 is 7.60. The van der Waals surface area contributed by atoms with E-state index in [1.54, 1.807) is 0 Å². The molecule has 7 nitrogen and oxygen atoms in total. The van der Waals surface area contributed by atoms with Crippen LogP contribution < -0.4 is 10.7 Å². The largest absolute Gasteiger partial charge is 0.334 e. The third kappa shape index (κ3) is 3.46. The normalized spacial score (nSPS) is 20.9. The van der Waals surface area contributed by atoms with E-state index in [4.69, 9.17) is 22.6 Å². The molecule has 24 heavy (non-hydrogen) atoms. The molecule has 0 saturated carbocycles. The van der Waals surface area contributed by atoms with Crippen molar-refractivity contribution in [1.82, 2.24) is 5.01 Å². The molecule has 1 saturated heterocycles. The third-order valence-electron chi connectivity index (χ3n) is 3.39. The minimum absolute atomic E-state index is 0.222. The Balaban J connectivity index is 1.94. The van der Waals surface area contributed by atoms with E-state index < -0.39 is 10.1 Å². The van der Waals surface area contributed by atoms with E-state index in [1.165, 1.54) is 11.8 Å². The van der Waals surface area contributed by atoms with Crippen molar-refractivity contribution in [1.29, 1.82) is 0 Å². The third-order valence-corrected chi connectivity index (χ3v) is 6.89. The number of nitrogens with two attached hydrogens (primary N) is 1. The number of fused-ring (bicyclic) bond motifs is 1. The molecule has 3 rings (SSSR count). The lowest BCUT2D eigenvalue weighted by Crippen LogP contribution is -2.35. The van der Waals surface area contributed by atoms with Crippen LogP contribution >= 0.6 is 35.7 Å². The molecule has 1 aromatic rings. The van der Waals surface area contributed by atoms with Crippen LogP contribution in [0.5, 0.6) is 0 Å². The van der Waals surface area contributed by atoms with Crippen LogP contribution in [0.2, 0.25) is 0 Å². The highest BCUT2D eigenvalue weighted by Crippen LogP contribution is 2.50. The lowest BCUT2D eigenvalue weighted by molar-refractivity contribution is -0.122. The van der Waals surface area contributed by atoms with Crippen molar-refractivity contribution in [2.75, 3.05) is 17.2 Å². The average Bonchev–Trinajstić information content (AvgIpc) is 2.99. The highest BCUT2D eigenvalue weighted by Gasteiger charge is 2.37. The Morgan fingerprint density at radius 2 is 1.96 bits per heavy atom. The molecular weight excluding hydrogens is 390 g/mol. The lowest BCUT2D eigenvalue weighted by Gasteiger charge is -2.21. The topological polar surface area (TPSA) is 104 Å². The number of thiocarbonyl (C=S) groups is 1. The molecule has 1 aromatic carbocycles. The SMILES string of the molecule is NN1C(=O)/C(=C2\Sc3ccccc3N2CCCS(=O)(=O)O)SC1=S. The molecule has 0 spiro atoms. The van der Waals surface area contributed by atoms with Gasteiger partial charge in [-0.25, -0.2) is 10.9 Å². The van der Waals surface area contributed by atoms with Gasteiger partial charge in [-0.2, -0.15) is 8.42 Å². The highest BCUT2D eigenvalue weighted by atomic mass is 32.2. The van der Waals surface area contributed by atoms with Gasteiger partial charge in [-0.3, -0.25) is 9.35 Å². The lowest BCUT2D eigenvalue weighted by atomic mass is 10.3. The zero-order chi connectivity index (χ0) is 17.5. The fourth-order valence-corrected chi connectivity index (χ4v) is 5.27. The Bertz CT molecular complexity index is 853. The average molecular weight is 404 g/mol. The van der Waals surface area contributed by atoms with Gasteiger partial charge in [0.05, 0.1) is 11.4 Å². The predicted octanol–water partition coefficient (Wildman–Crippen LogP) is 1.78. The fraction of sp³-hybridized carbons (Fsp3) is 0.231. The summed E-state index contributed by atoms with van der Waals surface area (Å²) in [4.78, 5) is 15.5. The summed E-state index contributed by atoms with van der Waals surface area (Å²) in [6.45, 7) is 0.341. The van der Waals surface area contributed by atoms with E-state index in [-0.39, 0.29) is 22.4 Å². The Morgan fingerprint density at radius 1 is 1.25 bits per heavy atom. The van der Waals surface area contributed by atoms with Crippen LogP contribution in [-0.2, 0) is 14.9 Å². The van der Waals surface area contributed by atoms with Gasteiger partial charge in [0.2, 0.25) is 0 Å². The molecular formula is C13H13N3O4S4. The molecule has 0 aliphatic carbocycles. The Morgan fingerprint density at radius 3 is 2.58 bits per heavy atom. The first kappa shape index (κ1) is 17.7. The van der Waals surface area contributed by atoms with Crippen molar-refractivity contribution in [3.63, 3.8) is 0 Å². The van der Waals surface area contributed by atoms with Crippen LogP contribution in [0.15, 0.2) is 39.1 Å². The van der Waals surface area contributed by atoms with Crippen molar-refractivity contribution in [2.24, 2.45) is 5.84 Å². The van der Waals surface area contributed by atoms with Gasteiger partial charge in [-0.15, -0.1) is 0 Å². The minimum atomic E-state index is -4.03. The molecule has 0 atom stereocenters. The number of carbonyl (C=O) groups is 1. The maximum atomic E-state index is 12.3. The highest BCUT2D eigenvalue weighted by molar-refractivity contribution is 8.27. The number of hydrazine groups is 1. The first-order valence-electron chi connectivity index (χ1n) is 6.83. The molecule has 2 aliphatic rings. The standard InChI is InChI=1S/C13H13N3O4S4/c14-16-11(17)10(23-13(16)21)12-15(6-3-7-24(18,19)20)8-4-1-2-5-9(8)22-12/h1-2,4-5H,3,6-7,14H2,(H,18,19,20)/b12-10+. The van der Waals surface area contributed by atoms with Crippen molar-refractivity contribution in [3.05, 3.63) is 34.2 Å². The number of amides is 1. The molecule has 0 unspecified atom stereocenters. The molecule has 11 heteroatoms. The molecule has 2 aliphatic heterocycles. The fourth-order valence-electron chi connectivity index (χ4n) is 2.34. The Hall–Kier alpha value is -1.11. The number of para-hydroxylation sites is 1. The van der Waals surface area contributed by atoms with Gasteiger partial charge in [0.1, 0.15) is 9.93 Å². The van der Waals surface area contributed by atoms with Crippen molar-refractivity contribution >= 4 is 61.8 Å². The summed E-state index contributed by atoms with van der Waals surface area (Å²) in [5.74, 6) is 4.91. The summed E-state index contributed by atoms with van der Waals surface area (Å²) in [6, 6.07) is 7.57. The quantitative estimate of drug-likeness (QED) is 0.256. The minimum Gasteiger partial charge on any atom is -0.334 e. The summed E-state index contributed by atoms with van der Waals surface area (Å²) in [5.41, 5.74) is 0.884. The van der Waals surface area contributed by atoms with E-state index >= 15 is 0 Å². The van der Waals surface area contributed by atoms with E-state index in [9.17, 15) is 13.2 Å². The second-order valence-electron chi connectivity index (χ2n) is 5.04. The summed E-state index contributed by atoms with van der Waals surface area (Å²) in [7, 11) is -4.03. The van der Waals surface area contributed by atoms with Gasteiger partial charge in [0.25, 0.3) is 16.0 Å². The van der Waals surface area contributed by atoms with Gasteiger partial charge < -0.3 is 4.90 Å². The van der Waals surface area contributed by atoms with Crippen LogP contribution in [0.1, 0.15) is 6.42 Å². The van der Waals surface area contributed by atoms with Gasteiger partial charge in [0.15, 0.2) is 4.32 Å². The predicted molar refractivity (Wildman–Crippen MR) is 98.9 cm³/mol. The van der Waals surface area contributed by atoms with Crippen LogP contribution in [-0.4, -0.2) is 40.5 Å². The summed E-state index contributed by atoms with van der Waals surface area (Å²) in [5, 5.41) is 1.61. The van der Waals surface area contributed by atoms with E-state index in [0.717, 1.165) is 27.4 Å². The van der Waals surface area contributed by atoms with Gasteiger partial charge in [0, 0.05) is 11.4 Å². The number of rotatable bonds is 4.